The first-order chi connectivity index (χ1) is 9.00. The maximum absolute atomic E-state index is 11.2. The topological polar surface area (TPSA) is 55.1 Å². The number of benzene rings is 1. The molecule has 1 unspecified atom stereocenters. The monoisotopic (exact) mass is 258 g/mol. The van der Waals surface area contributed by atoms with Crippen molar-refractivity contribution in [3.05, 3.63) is 30.1 Å². The van der Waals surface area contributed by atoms with Crippen molar-refractivity contribution in [3.63, 3.8) is 0 Å². The lowest BCUT2D eigenvalue weighted by Gasteiger charge is -2.28. The molecule has 19 heavy (non-hydrogen) atoms. The van der Waals surface area contributed by atoms with E-state index in [4.69, 9.17) is 0 Å². The van der Waals surface area contributed by atoms with Crippen LogP contribution in [0.5, 0.6) is 0 Å². The van der Waals surface area contributed by atoms with E-state index in [-0.39, 0.29) is 11.0 Å². The maximum atomic E-state index is 11.2. The fourth-order valence-electron chi connectivity index (χ4n) is 3.30. The third-order valence-electron chi connectivity index (χ3n) is 4.37. The third-order valence-corrected chi connectivity index (χ3v) is 4.37. The number of rotatable bonds is 2. The lowest BCUT2D eigenvalue weighted by molar-refractivity contribution is 0.0699. The minimum absolute atomic E-state index is 0.243. The molecule has 0 aliphatic heterocycles. The average molecular weight is 258 g/mol. The van der Waals surface area contributed by atoms with E-state index >= 15 is 0 Å². The largest absolute Gasteiger partial charge is 0.478 e. The Hall–Kier alpha value is -1.84. The van der Waals surface area contributed by atoms with Crippen LogP contribution in [0.15, 0.2) is 24.5 Å². The van der Waals surface area contributed by atoms with Gasteiger partial charge in [0, 0.05) is 6.04 Å². The van der Waals surface area contributed by atoms with Crippen LogP contribution in [-0.2, 0) is 0 Å². The highest BCUT2D eigenvalue weighted by molar-refractivity contribution is 6.00. The summed E-state index contributed by atoms with van der Waals surface area (Å²) in [4.78, 5) is 15.6. The molecule has 2 aromatic rings. The fraction of sp³-hybridized carbons (Fsp3) is 0.467. The van der Waals surface area contributed by atoms with Crippen molar-refractivity contribution in [1.82, 2.24) is 9.55 Å². The van der Waals surface area contributed by atoms with Gasteiger partial charge in [0.15, 0.2) is 0 Å². The van der Waals surface area contributed by atoms with Crippen LogP contribution in [0.2, 0.25) is 0 Å². The van der Waals surface area contributed by atoms with E-state index in [0.717, 1.165) is 11.9 Å². The number of aromatic carboxylic acids is 1. The molecule has 3 rings (SSSR count). The Morgan fingerprint density at radius 3 is 2.89 bits per heavy atom. The van der Waals surface area contributed by atoms with Crippen LogP contribution >= 0.6 is 0 Å². The fourth-order valence-corrected chi connectivity index (χ4v) is 3.30. The number of hydrogen-bond acceptors (Lipinski definition) is 2. The molecule has 100 valence electrons. The van der Waals surface area contributed by atoms with Crippen LogP contribution < -0.4 is 0 Å². The summed E-state index contributed by atoms with van der Waals surface area (Å²) in [6.45, 7) is 4.55. The molecule has 1 heterocycles. The predicted octanol–water partition coefficient (Wildman–Crippen LogP) is 3.49. The molecule has 0 spiro atoms. The van der Waals surface area contributed by atoms with Crippen molar-refractivity contribution >= 4 is 17.0 Å². The molecule has 1 aromatic carbocycles. The van der Waals surface area contributed by atoms with Gasteiger partial charge in [-0.3, -0.25) is 0 Å². The molecule has 4 heteroatoms. The molecule has 1 aliphatic rings. The number of imidazole rings is 1. The smallest absolute Gasteiger partial charge is 0.337 e. The van der Waals surface area contributed by atoms with Gasteiger partial charge >= 0.3 is 5.97 Å². The Labute approximate surface area is 112 Å². The molecular weight excluding hydrogens is 240 g/mol. The highest BCUT2D eigenvalue weighted by Gasteiger charge is 2.36. The van der Waals surface area contributed by atoms with Crippen molar-refractivity contribution in [1.29, 1.82) is 0 Å². The lowest BCUT2D eigenvalue weighted by atomic mass is 9.87. The lowest BCUT2D eigenvalue weighted by Crippen LogP contribution is -2.20. The van der Waals surface area contributed by atoms with Gasteiger partial charge in [-0.15, -0.1) is 0 Å². The predicted molar refractivity (Wildman–Crippen MR) is 73.4 cm³/mol. The number of carboxylic acid groups (broad SMARTS) is 1. The molecule has 1 aliphatic carbocycles. The Kier molecular flexibility index (Phi) is 2.62. The van der Waals surface area contributed by atoms with Crippen LogP contribution in [0.1, 0.15) is 49.5 Å². The molecule has 0 radical (unpaired) electrons. The van der Waals surface area contributed by atoms with Crippen molar-refractivity contribution in [2.24, 2.45) is 5.41 Å². The molecule has 4 nitrogen and oxygen atoms in total. The third kappa shape index (κ3) is 1.82. The summed E-state index contributed by atoms with van der Waals surface area (Å²) in [5.74, 6) is -0.915. The van der Waals surface area contributed by atoms with Gasteiger partial charge in [0.05, 0.1) is 17.4 Å². The highest BCUT2D eigenvalue weighted by atomic mass is 16.4. The van der Waals surface area contributed by atoms with E-state index in [1.54, 1.807) is 18.5 Å². The second-order valence-corrected chi connectivity index (χ2v) is 6.03. The Morgan fingerprint density at radius 2 is 2.26 bits per heavy atom. The Balaban J connectivity index is 2.16. The zero-order chi connectivity index (χ0) is 13.6. The first kappa shape index (κ1) is 12.2. The van der Waals surface area contributed by atoms with Crippen LogP contribution in [0, 0.1) is 5.41 Å². The minimum atomic E-state index is -0.915. The summed E-state index contributed by atoms with van der Waals surface area (Å²) in [5, 5.41) is 9.21. The number of carbonyl (C=O) groups is 1. The van der Waals surface area contributed by atoms with Crippen molar-refractivity contribution in [3.8, 4) is 0 Å². The van der Waals surface area contributed by atoms with Crippen LogP contribution in [0.3, 0.4) is 0 Å². The zero-order valence-corrected chi connectivity index (χ0v) is 11.3. The van der Waals surface area contributed by atoms with Crippen LogP contribution in [0.25, 0.3) is 11.0 Å². The number of para-hydroxylation sites is 1. The minimum Gasteiger partial charge on any atom is -0.478 e. The van der Waals surface area contributed by atoms with Gasteiger partial charge in [-0.25, -0.2) is 9.78 Å². The quantitative estimate of drug-likeness (QED) is 0.897. The number of nitrogens with zero attached hydrogens (tertiary/aromatic N) is 2. The van der Waals surface area contributed by atoms with E-state index in [0.29, 0.717) is 11.6 Å². The number of hydrogen-bond donors (Lipinski definition) is 1. The molecule has 0 saturated heterocycles. The van der Waals surface area contributed by atoms with E-state index in [1.807, 2.05) is 6.07 Å². The van der Waals surface area contributed by atoms with Crippen molar-refractivity contribution in [2.45, 2.75) is 39.2 Å². The summed E-state index contributed by atoms with van der Waals surface area (Å²) in [7, 11) is 0. The van der Waals surface area contributed by atoms with Gasteiger partial charge in [-0.1, -0.05) is 26.3 Å². The maximum Gasteiger partial charge on any atom is 0.337 e. The van der Waals surface area contributed by atoms with Gasteiger partial charge < -0.3 is 9.67 Å². The van der Waals surface area contributed by atoms with Crippen LogP contribution in [0.4, 0.5) is 0 Å². The highest BCUT2D eigenvalue weighted by Crippen LogP contribution is 2.46. The zero-order valence-electron chi connectivity index (χ0n) is 11.3. The summed E-state index contributed by atoms with van der Waals surface area (Å²) < 4.78 is 2.16. The van der Waals surface area contributed by atoms with Crippen LogP contribution in [-0.4, -0.2) is 20.6 Å². The summed E-state index contributed by atoms with van der Waals surface area (Å²) in [6.07, 6.45) is 5.36. The molecule has 1 fully saturated rings. The Bertz CT molecular complexity index is 643. The van der Waals surface area contributed by atoms with Crippen molar-refractivity contribution in [2.75, 3.05) is 0 Å². The van der Waals surface area contributed by atoms with Gasteiger partial charge in [0.25, 0.3) is 0 Å². The number of fused-ring (bicyclic) bond motifs is 1. The summed E-state index contributed by atoms with van der Waals surface area (Å²) in [5.41, 5.74) is 2.05. The molecule has 0 bridgehead atoms. The van der Waals surface area contributed by atoms with E-state index in [1.165, 1.54) is 12.8 Å². The molecule has 1 N–H and O–H groups in total. The molecule has 1 aromatic heterocycles. The molecular formula is C15H18N2O2. The molecule has 1 atom stereocenters. The standard InChI is InChI=1S/C15H18N2O2/c1-15(2)8-4-7-12(15)17-9-16-13-10(14(18)19)5-3-6-11(13)17/h3,5-6,9,12H,4,7-8H2,1-2H3,(H,18,19). The second kappa shape index (κ2) is 4.08. The molecule has 0 amide bonds. The van der Waals surface area contributed by atoms with Gasteiger partial charge in [0.1, 0.15) is 5.52 Å². The van der Waals surface area contributed by atoms with E-state index in [9.17, 15) is 9.90 Å². The second-order valence-electron chi connectivity index (χ2n) is 6.03. The summed E-state index contributed by atoms with van der Waals surface area (Å²) >= 11 is 0. The molecule has 1 saturated carbocycles. The Morgan fingerprint density at radius 1 is 1.47 bits per heavy atom. The normalized spacial score (nSPS) is 21.9. The number of carboxylic acids is 1. The van der Waals surface area contributed by atoms with Gasteiger partial charge in [0.2, 0.25) is 0 Å². The SMILES string of the molecule is CC1(C)CCCC1n1cnc2c(C(=O)O)cccc21. The first-order valence-corrected chi connectivity index (χ1v) is 6.69. The van der Waals surface area contributed by atoms with Gasteiger partial charge in [-0.05, 0) is 30.4 Å². The van der Waals surface area contributed by atoms with Crippen molar-refractivity contribution < 1.29 is 9.90 Å². The number of aromatic nitrogens is 2. The van der Waals surface area contributed by atoms with Gasteiger partial charge in [-0.2, -0.15) is 0 Å². The van der Waals surface area contributed by atoms with E-state index < -0.39 is 5.97 Å². The average Bonchev–Trinajstić information content (AvgIpc) is 2.91. The summed E-state index contributed by atoms with van der Waals surface area (Å²) in [6, 6.07) is 5.78. The van der Waals surface area contributed by atoms with E-state index in [2.05, 4.69) is 23.4 Å². The first-order valence-electron chi connectivity index (χ1n) is 6.69.